The minimum atomic E-state index is -0.171. The summed E-state index contributed by atoms with van der Waals surface area (Å²) in [5.74, 6) is 1.24. The number of nitrogens with two attached hydrogens (primary N) is 1. The molecule has 0 fully saturated rings. The lowest BCUT2D eigenvalue weighted by molar-refractivity contribution is -0.123. The molecule has 116 valence electrons. The van der Waals surface area contributed by atoms with Gasteiger partial charge in [-0.1, -0.05) is 25.1 Å². The first kappa shape index (κ1) is 17.0. The number of allylic oxidation sites excluding steroid dienone is 1. The highest BCUT2D eigenvalue weighted by Gasteiger charge is 2.09. The normalized spacial score (nSPS) is 12.2. The Labute approximate surface area is 126 Å². The molecule has 21 heavy (non-hydrogen) atoms. The Morgan fingerprint density at radius 2 is 2.19 bits per heavy atom. The number of carbonyl (C=O) groups is 1. The van der Waals surface area contributed by atoms with Crippen molar-refractivity contribution in [2.75, 3.05) is 26.8 Å². The third-order valence-corrected chi connectivity index (χ3v) is 2.96. The summed E-state index contributed by atoms with van der Waals surface area (Å²) < 4.78 is 10.8. The quantitative estimate of drug-likeness (QED) is 0.766. The zero-order valence-corrected chi connectivity index (χ0v) is 12.9. The molecule has 0 aliphatic carbocycles. The van der Waals surface area contributed by atoms with Crippen LogP contribution in [-0.4, -0.2) is 32.7 Å². The predicted octanol–water partition coefficient (Wildman–Crippen LogP) is 1.82. The highest BCUT2D eigenvalue weighted by molar-refractivity contribution is 5.77. The van der Waals surface area contributed by atoms with Gasteiger partial charge in [0.15, 0.2) is 18.1 Å². The van der Waals surface area contributed by atoms with Crippen LogP contribution < -0.4 is 20.5 Å². The van der Waals surface area contributed by atoms with Crippen molar-refractivity contribution in [2.24, 2.45) is 11.7 Å². The van der Waals surface area contributed by atoms with Crippen molar-refractivity contribution in [3.05, 3.63) is 29.8 Å². The van der Waals surface area contributed by atoms with E-state index in [0.29, 0.717) is 24.6 Å². The van der Waals surface area contributed by atoms with Crippen LogP contribution in [0.4, 0.5) is 0 Å². The average molecular weight is 292 g/mol. The second kappa shape index (κ2) is 9.02. The Bertz CT molecular complexity index is 486. The minimum absolute atomic E-state index is 0.0450. The fourth-order valence-corrected chi connectivity index (χ4v) is 1.67. The summed E-state index contributed by atoms with van der Waals surface area (Å²) in [6, 6.07) is 5.57. The molecule has 1 aromatic carbocycles. The Kier molecular flexibility index (Phi) is 7.32. The van der Waals surface area contributed by atoms with Gasteiger partial charge in [-0.25, -0.2) is 0 Å². The first-order chi connectivity index (χ1) is 10.1. The first-order valence-corrected chi connectivity index (χ1v) is 7.01. The third-order valence-electron chi connectivity index (χ3n) is 2.96. The Hall–Kier alpha value is -2.01. The molecular formula is C16H24N2O3. The number of ether oxygens (including phenoxy) is 2. The summed E-state index contributed by atoms with van der Waals surface area (Å²) in [5, 5.41) is 2.78. The van der Waals surface area contributed by atoms with E-state index in [1.165, 1.54) is 0 Å². The van der Waals surface area contributed by atoms with Crippen LogP contribution in [0.2, 0.25) is 0 Å². The molecule has 5 heteroatoms. The second-order valence-corrected chi connectivity index (χ2v) is 4.84. The van der Waals surface area contributed by atoms with Crippen LogP contribution in [0.3, 0.4) is 0 Å². The van der Waals surface area contributed by atoms with Crippen molar-refractivity contribution >= 4 is 12.0 Å². The summed E-state index contributed by atoms with van der Waals surface area (Å²) in [6.07, 6.45) is 3.91. The van der Waals surface area contributed by atoms with Crippen molar-refractivity contribution < 1.29 is 14.3 Å². The van der Waals surface area contributed by atoms with E-state index in [-0.39, 0.29) is 18.4 Å². The fourth-order valence-electron chi connectivity index (χ4n) is 1.67. The highest BCUT2D eigenvalue weighted by Crippen LogP contribution is 2.28. The third kappa shape index (κ3) is 5.87. The van der Waals surface area contributed by atoms with E-state index in [1.807, 2.05) is 38.1 Å². The number of hydrogen-bond donors (Lipinski definition) is 2. The van der Waals surface area contributed by atoms with Gasteiger partial charge in [0.1, 0.15) is 0 Å². The SMILES string of the molecule is C/C=C/c1ccc(OCC(=O)NCC(C)CN)c(OC)c1. The Morgan fingerprint density at radius 1 is 1.43 bits per heavy atom. The van der Waals surface area contributed by atoms with Gasteiger partial charge in [-0.2, -0.15) is 0 Å². The second-order valence-electron chi connectivity index (χ2n) is 4.84. The molecule has 0 spiro atoms. The first-order valence-electron chi connectivity index (χ1n) is 7.01. The van der Waals surface area contributed by atoms with E-state index in [9.17, 15) is 4.79 Å². The molecule has 5 nitrogen and oxygen atoms in total. The van der Waals surface area contributed by atoms with Gasteiger partial charge >= 0.3 is 0 Å². The van der Waals surface area contributed by atoms with Crippen molar-refractivity contribution in [1.29, 1.82) is 0 Å². The number of benzene rings is 1. The molecule has 1 rings (SSSR count). The van der Waals surface area contributed by atoms with Gasteiger partial charge in [-0.3, -0.25) is 4.79 Å². The van der Waals surface area contributed by atoms with Crippen LogP contribution in [0.15, 0.2) is 24.3 Å². The number of amides is 1. The topological polar surface area (TPSA) is 73.6 Å². The van der Waals surface area contributed by atoms with Gasteiger partial charge in [0.2, 0.25) is 0 Å². The largest absolute Gasteiger partial charge is 0.493 e. The molecule has 3 N–H and O–H groups in total. The zero-order chi connectivity index (χ0) is 15.7. The molecular weight excluding hydrogens is 268 g/mol. The van der Waals surface area contributed by atoms with Gasteiger partial charge < -0.3 is 20.5 Å². The van der Waals surface area contributed by atoms with Crippen molar-refractivity contribution in [3.63, 3.8) is 0 Å². The van der Waals surface area contributed by atoms with Crippen LogP contribution in [-0.2, 0) is 4.79 Å². The smallest absolute Gasteiger partial charge is 0.257 e. The lowest BCUT2D eigenvalue weighted by Gasteiger charge is -2.13. The van der Waals surface area contributed by atoms with E-state index in [1.54, 1.807) is 13.2 Å². The minimum Gasteiger partial charge on any atom is -0.493 e. The Balaban J connectivity index is 2.56. The van der Waals surface area contributed by atoms with Gasteiger partial charge in [0.05, 0.1) is 7.11 Å². The molecule has 0 aromatic heterocycles. The van der Waals surface area contributed by atoms with Gasteiger partial charge in [-0.05, 0) is 37.1 Å². The number of methoxy groups -OCH3 is 1. The Morgan fingerprint density at radius 3 is 2.81 bits per heavy atom. The molecule has 0 saturated heterocycles. The number of rotatable bonds is 8. The van der Waals surface area contributed by atoms with E-state index in [4.69, 9.17) is 15.2 Å². The van der Waals surface area contributed by atoms with Crippen LogP contribution in [0.1, 0.15) is 19.4 Å². The maximum absolute atomic E-state index is 11.7. The maximum Gasteiger partial charge on any atom is 0.257 e. The van der Waals surface area contributed by atoms with Crippen molar-refractivity contribution in [2.45, 2.75) is 13.8 Å². The fraction of sp³-hybridized carbons (Fsp3) is 0.438. The van der Waals surface area contributed by atoms with E-state index >= 15 is 0 Å². The monoisotopic (exact) mass is 292 g/mol. The molecule has 1 amide bonds. The highest BCUT2D eigenvalue weighted by atomic mass is 16.5. The van der Waals surface area contributed by atoms with E-state index in [0.717, 1.165) is 5.56 Å². The molecule has 1 unspecified atom stereocenters. The molecule has 0 bridgehead atoms. The van der Waals surface area contributed by atoms with Gasteiger partial charge in [0.25, 0.3) is 5.91 Å². The summed E-state index contributed by atoms with van der Waals surface area (Å²) in [5.41, 5.74) is 6.51. The number of nitrogens with one attached hydrogen (secondary N) is 1. The number of hydrogen-bond acceptors (Lipinski definition) is 4. The molecule has 0 heterocycles. The lowest BCUT2D eigenvalue weighted by Crippen LogP contribution is -2.34. The van der Waals surface area contributed by atoms with Crippen LogP contribution in [0, 0.1) is 5.92 Å². The molecule has 0 radical (unpaired) electrons. The lowest BCUT2D eigenvalue weighted by atomic mass is 10.2. The molecule has 0 aliphatic heterocycles. The molecule has 0 saturated carbocycles. The summed E-state index contributed by atoms with van der Waals surface area (Å²) in [4.78, 5) is 11.7. The summed E-state index contributed by atoms with van der Waals surface area (Å²) in [7, 11) is 1.57. The van der Waals surface area contributed by atoms with Crippen molar-refractivity contribution in [1.82, 2.24) is 5.32 Å². The van der Waals surface area contributed by atoms with Gasteiger partial charge in [-0.15, -0.1) is 0 Å². The summed E-state index contributed by atoms with van der Waals surface area (Å²) >= 11 is 0. The standard InChI is InChI=1S/C16H24N2O3/c1-4-5-13-6-7-14(15(8-13)20-3)21-11-16(19)18-10-12(2)9-17/h4-8,12H,9-11,17H2,1-3H3,(H,18,19)/b5-4+. The average Bonchev–Trinajstić information content (AvgIpc) is 2.51. The van der Waals surface area contributed by atoms with E-state index in [2.05, 4.69) is 5.32 Å². The number of carbonyl (C=O) groups excluding carboxylic acids is 1. The predicted molar refractivity (Wildman–Crippen MR) is 84.4 cm³/mol. The van der Waals surface area contributed by atoms with Gasteiger partial charge in [0, 0.05) is 6.54 Å². The zero-order valence-electron chi connectivity index (χ0n) is 12.9. The molecule has 1 atom stereocenters. The maximum atomic E-state index is 11.7. The van der Waals surface area contributed by atoms with Crippen LogP contribution in [0.25, 0.3) is 6.08 Å². The van der Waals surface area contributed by atoms with Crippen molar-refractivity contribution in [3.8, 4) is 11.5 Å². The van der Waals surface area contributed by atoms with E-state index < -0.39 is 0 Å². The molecule has 0 aliphatic rings. The van der Waals surface area contributed by atoms with Crippen LogP contribution in [0.5, 0.6) is 11.5 Å². The molecule has 1 aromatic rings. The summed E-state index contributed by atoms with van der Waals surface area (Å²) in [6.45, 7) is 4.97. The van der Waals surface area contributed by atoms with Crippen LogP contribution >= 0.6 is 0 Å².